The SMILES string of the molecule is COc1ccccc1CCNC(=O)C1CC1C(=O)Nc1ccc(F)c(F)c1F. The Morgan fingerprint density at radius 2 is 1.75 bits per heavy atom. The summed E-state index contributed by atoms with van der Waals surface area (Å²) in [6.45, 7) is 0.377. The first kappa shape index (κ1) is 19.7. The first-order valence-corrected chi connectivity index (χ1v) is 8.76. The lowest BCUT2D eigenvalue weighted by Crippen LogP contribution is -2.29. The monoisotopic (exact) mass is 392 g/mol. The summed E-state index contributed by atoms with van der Waals surface area (Å²) in [5.74, 6) is -5.75. The van der Waals surface area contributed by atoms with Crippen molar-refractivity contribution in [1.29, 1.82) is 0 Å². The van der Waals surface area contributed by atoms with Gasteiger partial charge in [0.05, 0.1) is 24.6 Å². The Morgan fingerprint density at radius 3 is 2.50 bits per heavy atom. The summed E-state index contributed by atoms with van der Waals surface area (Å²) >= 11 is 0. The Hall–Kier alpha value is -3.03. The average Bonchev–Trinajstić information content (AvgIpc) is 3.50. The van der Waals surface area contributed by atoms with Gasteiger partial charge in [-0.25, -0.2) is 13.2 Å². The molecule has 148 valence electrons. The van der Waals surface area contributed by atoms with Crippen LogP contribution < -0.4 is 15.4 Å². The van der Waals surface area contributed by atoms with Crippen LogP contribution in [0.15, 0.2) is 36.4 Å². The number of anilines is 1. The third-order valence-electron chi connectivity index (χ3n) is 4.64. The molecule has 2 amide bonds. The lowest BCUT2D eigenvalue weighted by atomic mass is 10.1. The Morgan fingerprint density at radius 1 is 1.04 bits per heavy atom. The van der Waals surface area contributed by atoms with Gasteiger partial charge in [0.1, 0.15) is 5.75 Å². The number of hydrogen-bond donors (Lipinski definition) is 2. The first-order chi connectivity index (χ1) is 13.4. The number of carbonyl (C=O) groups is 2. The van der Waals surface area contributed by atoms with Crippen molar-refractivity contribution in [2.45, 2.75) is 12.8 Å². The summed E-state index contributed by atoms with van der Waals surface area (Å²) in [6, 6.07) is 9.12. The van der Waals surface area contributed by atoms with Gasteiger partial charge < -0.3 is 15.4 Å². The largest absolute Gasteiger partial charge is 0.496 e. The molecular weight excluding hydrogens is 373 g/mol. The van der Waals surface area contributed by atoms with Crippen molar-refractivity contribution in [3.05, 3.63) is 59.4 Å². The maximum absolute atomic E-state index is 13.6. The normalized spacial score (nSPS) is 17.7. The van der Waals surface area contributed by atoms with E-state index in [0.29, 0.717) is 19.4 Å². The van der Waals surface area contributed by atoms with E-state index in [9.17, 15) is 22.8 Å². The molecule has 0 spiro atoms. The molecule has 0 aromatic heterocycles. The number of amides is 2. The van der Waals surface area contributed by atoms with E-state index in [1.165, 1.54) is 0 Å². The molecule has 0 saturated heterocycles. The van der Waals surface area contributed by atoms with Gasteiger partial charge in [0.15, 0.2) is 17.5 Å². The third-order valence-corrected chi connectivity index (χ3v) is 4.64. The molecule has 8 heteroatoms. The van der Waals surface area contributed by atoms with Crippen LogP contribution in [-0.4, -0.2) is 25.5 Å². The summed E-state index contributed by atoms with van der Waals surface area (Å²) in [5.41, 5.74) is 0.496. The Kier molecular flexibility index (Phi) is 5.87. The number of benzene rings is 2. The van der Waals surface area contributed by atoms with Gasteiger partial charge in [-0.05, 0) is 36.6 Å². The molecule has 1 saturated carbocycles. The molecule has 0 bridgehead atoms. The fourth-order valence-electron chi connectivity index (χ4n) is 2.98. The summed E-state index contributed by atoms with van der Waals surface area (Å²) in [4.78, 5) is 24.3. The molecule has 3 rings (SSSR count). The zero-order valence-corrected chi connectivity index (χ0v) is 15.1. The predicted molar refractivity (Wildman–Crippen MR) is 96.3 cm³/mol. The van der Waals surface area contributed by atoms with Crippen LogP contribution >= 0.6 is 0 Å². The fourth-order valence-corrected chi connectivity index (χ4v) is 2.98. The molecular formula is C20H19F3N2O3. The highest BCUT2D eigenvalue weighted by Gasteiger charge is 2.48. The molecule has 2 atom stereocenters. The molecule has 0 radical (unpaired) electrons. The lowest BCUT2D eigenvalue weighted by Gasteiger charge is -2.09. The number of nitrogens with one attached hydrogen (secondary N) is 2. The smallest absolute Gasteiger partial charge is 0.228 e. The number of hydrogen-bond acceptors (Lipinski definition) is 3. The van der Waals surface area contributed by atoms with E-state index in [-0.39, 0.29) is 5.91 Å². The lowest BCUT2D eigenvalue weighted by molar-refractivity contribution is -0.125. The standard InChI is InChI=1S/C20H19F3N2O3/c1-28-16-5-3-2-4-11(16)8-9-24-19(26)12-10-13(12)20(27)25-15-7-6-14(21)17(22)18(15)23/h2-7,12-13H,8-10H2,1H3,(H,24,26)(H,25,27). The minimum absolute atomic E-state index is 0.277. The molecule has 5 nitrogen and oxygen atoms in total. The minimum atomic E-state index is -1.65. The maximum atomic E-state index is 13.6. The fraction of sp³-hybridized carbons (Fsp3) is 0.300. The van der Waals surface area contributed by atoms with Gasteiger partial charge in [0.2, 0.25) is 11.8 Å². The number of halogens is 3. The van der Waals surface area contributed by atoms with E-state index < -0.39 is 40.9 Å². The summed E-state index contributed by atoms with van der Waals surface area (Å²) in [5, 5.41) is 4.97. The highest BCUT2D eigenvalue weighted by atomic mass is 19.2. The van der Waals surface area contributed by atoms with Crippen LogP contribution in [0.3, 0.4) is 0 Å². The number of para-hydroxylation sites is 1. The van der Waals surface area contributed by atoms with Crippen molar-refractivity contribution in [2.24, 2.45) is 11.8 Å². The van der Waals surface area contributed by atoms with Crippen LogP contribution in [0.25, 0.3) is 0 Å². The van der Waals surface area contributed by atoms with Crippen LogP contribution in [0, 0.1) is 29.3 Å². The van der Waals surface area contributed by atoms with Gasteiger partial charge in [-0.1, -0.05) is 18.2 Å². The van der Waals surface area contributed by atoms with Crippen molar-refractivity contribution in [2.75, 3.05) is 19.0 Å². The van der Waals surface area contributed by atoms with Crippen molar-refractivity contribution < 1.29 is 27.5 Å². The molecule has 1 aliphatic carbocycles. The van der Waals surface area contributed by atoms with E-state index in [2.05, 4.69) is 10.6 Å². The van der Waals surface area contributed by atoms with Gasteiger partial charge >= 0.3 is 0 Å². The zero-order chi connectivity index (χ0) is 20.3. The van der Waals surface area contributed by atoms with Crippen LogP contribution in [0.5, 0.6) is 5.75 Å². The Bertz CT molecular complexity index is 904. The first-order valence-electron chi connectivity index (χ1n) is 8.76. The zero-order valence-electron chi connectivity index (χ0n) is 15.1. The summed E-state index contributed by atoms with van der Waals surface area (Å²) in [6.07, 6.45) is 0.886. The van der Waals surface area contributed by atoms with E-state index in [1.807, 2.05) is 24.3 Å². The van der Waals surface area contributed by atoms with Crippen LogP contribution in [0.1, 0.15) is 12.0 Å². The maximum Gasteiger partial charge on any atom is 0.228 e. The van der Waals surface area contributed by atoms with Crippen LogP contribution in [0.4, 0.5) is 18.9 Å². The second-order valence-corrected chi connectivity index (χ2v) is 6.51. The molecule has 28 heavy (non-hydrogen) atoms. The van der Waals surface area contributed by atoms with E-state index in [4.69, 9.17) is 4.74 Å². The molecule has 2 aromatic carbocycles. The van der Waals surface area contributed by atoms with Gasteiger partial charge in [0.25, 0.3) is 0 Å². The van der Waals surface area contributed by atoms with Crippen molar-refractivity contribution in [3.63, 3.8) is 0 Å². The van der Waals surface area contributed by atoms with Gasteiger partial charge in [-0.2, -0.15) is 0 Å². The topological polar surface area (TPSA) is 67.4 Å². The predicted octanol–water partition coefficient (Wildman–Crippen LogP) is 3.05. The third kappa shape index (κ3) is 4.27. The Balaban J connectivity index is 1.49. The van der Waals surface area contributed by atoms with E-state index in [0.717, 1.165) is 23.4 Å². The van der Waals surface area contributed by atoms with E-state index in [1.54, 1.807) is 7.11 Å². The molecule has 1 fully saturated rings. The summed E-state index contributed by atoms with van der Waals surface area (Å²) in [7, 11) is 1.57. The second kappa shape index (κ2) is 8.33. The quantitative estimate of drug-likeness (QED) is 0.712. The molecule has 2 aromatic rings. The molecule has 0 heterocycles. The molecule has 2 N–H and O–H groups in total. The second-order valence-electron chi connectivity index (χ2n) is 6.51. The van der Waals surface area contributed by atoms with E-state index >= 15 is 0 Å². The van der Waals surface area contributed by atoms with Crippen molar-refractivity contribution in [1.82, 2.24) is 5.32 Å². The van der Waals surface area contributed by atoms with Crippen LogP contribution in [0.2, 0.25) is 0 Å². The van der Waals surface area contributed by atoms with Crippen molar-refractivity contribution >= 4 is 17.5 Å². The number of rotatable bonds is 7. The van der Waals surface area contributed by atoms with Crippen LogP contribution in [-0.2, 0) is 16.0 Å². The average molecular weight is 392 g/mol. The number of methoxy groups -OCH3 is 1. The van der Waals surface area contributed by atoms with Gasteiger partial charge in [-0.3, -0.25) is 9.59 Å². The van der Waals surface area contributed by atoms with Gasteiger partial charge in [-0.15, -0.1) is 0 Å². The molecule has 2 unspecified atom stereocenters. The molecule has 1 aliphatic rings. The van der Waals surface area contributed by atoms with Gasteiger partial charge in [0, 0.05) is 6.54 Å². The highest BCUT2D eigenvalue weighted by Crippen LogP contribution is 2.39. The number of carbonyl (C=O) groups excluding carboxylic acids is 2. The summed E-state index contributed by atoms with van der Waals surface area (Å²) < 4.78 is 45.0. The Labute approximate surface area is 159 Å². The van der Waals surface area contributed by atoms with Crippen molar-refractivity contribution in [3.8, 4) is 5.75 Å². The highest BCUT2D eigenvalue weighted by molar-refractivity contribution is 5.99. The minimum Gasteiger partial charge on any atom is -0.496 e. The number of ether oxygens (including phenoxy) is 1. The molecule has 0 aliphatic heterocycles.